The molecule has 0 unspecified atom stereocenters. The highest BCUT2D eigenvalue weighted by Crippen LogP contribution is 2.11. The van der Waals surface area contributed by atoms with E-state index < -0.39 is 0 Å². The van der Waals surface area contributed by atoms with Gasteiger partial charge >= 0.3 is 0 Å². The first-order valence-corrected chi connectivity index (χ1v) is 8.04. The summed E-state index contributed by atoms with van der Waals surface area (Å²) in [6.07, 6.45) is 0.708. The molecule has 3 nitrogen and oxygen atoms in total. The molecule has 0 radical (unpaired) electrons. The highest BCUT2D eigenvalue weighted by Gasteiger charge is 2.21. The van der Waals surface area contributed by atoms with Gasteiger partial charge in [0.05, 0.1) is 0 Å². The summed E-state index contributed by atoms with van der Waals surface area (Å²) < 4.78 is 13.6. The number of halogens is 1. The van der Waals surface area contributed by atoms with Crippen LogP contribution in [0.2, 0.25) is 0 Å². The Balaban J connectivity index is 1.49. The summed E-state index contributed by atoms with van der Waals surface area (Å²) in [7, 11) is 0. The van der Waals surface area contributed by atoms with E-state index in [0.29, 0.717) is 6.42 Å². The van der Waals surface area contributed by atoms with E-state index in [1.807, 2.05) is 47.4 Å². The molecular formula is C19H21FN2O. The van der Waals surface area contributed by atoms with Crippen molar-refractivity contribution in [3.63, 3.8) is 0 Å². The van der Waals surface area contributed by atoms with E-state index in [1.54, 1.807) is 6.07 Å². The van der Waals surface area contributed by atoms with Gasteiger partial charge < -0.3 is 4.90 Å². The Hall–Kier alpha value is -2.20. The van der Waals surface area contributed by atoms with Crippen LogP contribution >= 0.6 is 0 Å². The third-order valence-corrected chi connectivity index (χ3v) is 4.34. The normalized spacial score (nSPS) is 15.6. The molecule has 120 valence electrons. The van der Waals surface area contributed by atoms with E-state index in [4.69, 9.17) is 0 Å². The van der Waals surface area contributed by atoms with Crippen LogP contribution < -0.4 is 0 Å². The third-order valence-electron chi connectivity index (χ3n) is 4.34. The molecular weight excluding hydrogens is 291 g/mol. The molecule has 0 bridgehead atoms. The molecule has 1 fully saturated rings. The van der Waals surface area contributed by atoms with Crippen molar-refractivity contribution in [1.82, 2.24) is 9.80 Å². The number of hydrogen-bond acceptors (Lipinski definition) is 2. The summed E-state index contributed by atoms with van der Waals surface area (Å²) in [6.45, 7) is 3.96. The molecule has 0 aliphatic carbocycles. The van der Waals surface area contributed by atoms with Crippen molar-refractivity contribution >= 4 is 5.91 Å². The Kier molecular flexibility index (Phi) is 5.03. The Labute approximate surface area is 136 Å². The summed E-state index contributed by atoms with van der Waals surface area (Å²) >= 11 is 0. The average molecular weight is 312 g/mol. The Morgan fingerprint density at radius 1 is 0.913 bits per heavy atom. The van der Waals surface area contributed by atoms with Gasteiger partial charge in [-0.3, -0.25) is 9.69 Å². The summed E-state index contributed by atoms with van der Waals surface area (Å²) in [5, 5.41) is 0. The van der Waals surface area contributed by atoms with Gasteiger partial charge in [-0.25, -0.2) is 4.39 Å². The SMILES string of the molecule is O=C(c1ccccc1)N1CCN(CCc2ccccc2F)CC1. The number of carbonyl (C=O) groups excluding carboxylic acids is 1. The highest BCUT2D eigenvalue weighted by atomic mass is 19.1. The van der Waals surface area contributed by atoms with Crippen molar-refractivity contribution in [3.8, 4) is 0 Å². The molecule has 1 saturated heterocycles. The quantitative estimate of drug-likeness (QED) is 0.867. The summed E-state index contributed by atoms with van der Waals surface area (Å²) in [4.78, 5) is 16.6. The first-order valence-electron chi connectivity index (χ1n) is 8.04. The monoisotopic (exact) mass is 312 g/mol. The van der Waals surface area contributed by atoms with Gasteiger partial charge in [0.25, 0.3) is 5.91 Å². The Morgan fingerprint density at radius 3 is 2.26 bits per heavy atom. The number of hydrogen-bond donors (Lipinski definition) is 0. The lowest BCUT2D eigenvalue weighted by Crippen LogP contribution is -2.49. The molecule has 2 aromatic rings. The van der Waals surface area contributed by atoms with Crippen LogP contribution in [0.15, 0.2) is 54.6 Å². The van der Waals surface area contributed by atoms with Crippen LogP contribution in [0.4, 0.5) is 4.39 Å². The van der Waals surface area contributed by atoms with Crippen molar-refractivity contribution in [2.45, 2.75) is 6.42 Å². The molecule has 0 aromatic heterocycles. The van der Waals surface area contributed by atoms with Crippen LogP contribution in [0.3, 0.4) is 0 Å². The molecule has 1 aliphatic rings. The Morgan fingerprint density at radius 2 is 1.57 bits per heavy atom. The number of piperazine rings is 1. The zero-order chi connectivity index (χ0) is 16.1. The maximum Gasteiger partial charge on any atom is 0.253 e. The van der Waals surface area contributed by atoms with Gasteiger partial charge in [0, 0.05) is 38.3 Å². The second-order valence-corrected chi connectivity index (χ2v) is 5.84. The topological polar surface area (TPSA) is 23.6 Å². The fourth-order valence-electron chi connectivity index (χ4n) is 2.92. The Bertz CT molecular complexity index is 651. The van der Waals surface area contributed by atoms with E-state index in [1.165, 1.54) is 6.07 Å². The first kappa shape index (κ1) is 15.7. The molecule has 23 heavy (non-hydrogen) atoms. The molecule has 4 heteroatoms. The summed E-state index contributed by atoms with van der Waals surface area (Å²) in [5.74, 6) is -0.0373. The zero-order valence-corrected chi connectivity index (χ0v) is 13.1. The number of rotatable bonds is 4. The first-order chi connectivity index (χ1) is 11.2. The minimum absolute atomic E-state index is 0.0966. The van der Waals surface area contributed by atoms with Crippen molar-refractivity contribution in [2.75, 3.05) is 32.7 Å². The molecule has 0 spiro atoms. The fraction of sp³-hybridized carbons (Fsp3) is 0.316. The minimum Gasteiger partial charge on any atom is -0.336 e. The highest BCUT2D eigenvalue weighted by molar-refractivity contribution is 5.94. The van der Waals surface area contributed by atoms with Crippen molar-refractivity contribution < 1.29 is 9.18 Å². The average Bonchev–Trinajstić information content (AvgIpc) is 2.62. The molecule has 2 aromatic carbocycles. The van der Waals surface area contributed by atoms with Gasteiger partial charge in [-0.15, -0.1) is 0 Å². The molecule has 0 atom stereocenters. The summed E-state index contributed by atoms with van der Waals surface area (Å²) in [5.41, 5.74) is 1.50. The van der Waals surface area contributed by atoms with E-state index in [0.717, 1.165) is 43.9 Å². The number of amides is 1. The van der Waals surface area contributed by atoms with Gasteiger partial charge in [0.2, 0.25) is 0 Å². The maximum atomic E-state index is 13.6. The number of benzene rings is 2. The van der Waals surface area contributed by atoms with Crippen LogP contribution in [0, 0.1) is 5.82 Å². The lowest BCUT2D eigenvalue weighted by atomic mass is 10.1. The molecule has 1 heterocycles. The molecule has 1 aliphatic heterocycles. The van der Waals surface area contributed by atoms with Gasteiger partial charge in [0.1, 0.15) is 5.82 Å². The predicted molar refractivity (Wildman–Crippen MR) is 88.9 cm³/mol. The van der Waals surface area contributed by atoms with Gasteiger partial charge in [-0.2, -0.15) is 0 Å². The van der Waals surface area contributed by atoms with E-state index >= 15 is 0 Å². The second-order valence-electron chi connectivity index (χ2n) is 5.84. The molecule has 3 rings (SSSR count). The smallest absolute Gasteiger partial charge is 0.253 e. The molecule has 0 saturated carbocycles. The van der Waals surface area contributed by atoms with E-state index in [-0.39, 0.29) is 11.7 Å². The molecule has 0 N–H and O–H groups in total. The lowest BCUT2D eigenvalue weighted by molar-refractivity contribution is 0.0638. The number of nitrogens with zero attached hydrogens (tertiary/aromatic N) is 2. The maximum absolute atomic E-state index is 13.6. The standard InChI is InChI=1S/C19H21FN2O/c20-18-9-5-4-6-16(18)10-11-21-12-14-22(15-13-21)19(23)17-7-2-1-3-8-17/h1-9H,10-15H2. The fourth-order valence-corrected chi connectivity index (χ4v) is 2.92. The predicted octanol–water partition coefficient (Wildman–Crippen LogP) is 2.83. The van der Waals surface area contributed by atoms with Gasteiger partial charge in [-0.1, -0.05) is 36.4 Å². The third kappa shape index (κ3) is 3.96. The largest absolute Gasteiger partial charge is 0.336 e. The van der Waals surface area contributed by atoms with Gasteiger partial charge in [0.15, 0.2) is 0 Å². The number of carbonyl (C=O) groups is 1. The van der Waals surface area contributed by atoms with Crippen LogP contribution in [-0.2, 0) is 6.42 Å². The summed E-state index contributed by atoms with van der Waals surface area (Å²) in [6, 6.07) is 16.3. The van der Waals surface area contributed by atoms with E-state index in [9.17, 15) is 9.18 Å². The minimum atomic E-state index is -0.134. The lowest BCUT2D eigenvalue weighted by Gasteiger charge is -2.34. The van der Waals surface area contributed by atoms with Crippen LogP contribution in [0.25, 0.3) is 0 Å². The van der Waals surface area contributed by atoms with Crippen LogP contribution in [-0.4, -0.2) is 48.4 Å². The van der Waals surface area contributed by atoms with Gasteiger partial charge in [-0.05, 0) is 30.2 Å². The van der Waals surface area contributed by atoms with Crippen molar-refractivity contribution in [1.29, 1.82) is 0 Å². The van der Waals surface area contributed by atoms with Crippen LogP contribution in [0.5, 0.6) is 0 Å². The zero-order valence-electron chi connectivity index (χ0n) is 13.1. The van der Waals surface area contributed by atoms with E-state index in [2.05, 4.69) is 4.90 Å². The van der Waals surface area contributed by atoms with Crippen molar-refractivity contribution in [3.05, 3.63) is 71.5 Å². The second kappa shape index (κ2) is 7.38. The molecule has 1 amide bonds. The van der Waals surface area contributed by atoms with Crippen LogP contribution in [0.1, 0.15) is 15.9 Å². The van der Waals surface area contributed by atoms with Crippen molar-refractivity contribution in [2.24, 2.45) is 0 Å².